The average molecular weight is 221 g/mol. The van der Waals surface area contributed by atoms with Crippen molar-refractivity contribution in [1.29, 1.82) is 0 Å². The van der Waals surface area contributed by atoms with Crippen LogP contribution in [0.3, 0.4) is 0 Å². The zero-order valence-corrected chi connectivity index (χ0v) is 10.8. The van der Waals surface area contributed by atoms with Gasteiger partial charge in [0, 0.05) is 6.20 Å². The Morgan fingerprint density at radius 1 is 1.64 bits per heavy atom. The Kier molecular flexibility index (Phi) is 6.03. The summed E-state index contributed by atoms with van der Waals surface area (Å²) in [5, 5.41) is 11.0. The summed E-state index contributed by atoms with van der Waals surface area (Å²) in [6.45, 7) is 1.98. The van der Waals surface area contributed by atoms with Crippen LogP contribution in [0.5, 0.6) is 0 Å². The quantitative estimate of drug-likeness (QED) is 0.355. The molecule has 0 bridgehead atoms. The molecule has 0 N–H and O–H groups in total. The fraction of sp³-hybridized carbons (Fsp3) is 0.250. The van der Waals surface area contributed by atoms with E-state index in [1.54, 1.807) is 6.92 Å². The van der Waals surface area contributed by atoms with Crippen LogP contribution < -0.4 is 29.6 Å². The van der Waals surface area contributed by atoms with Crippen molar-refractivity contribution in [3.05, 3.63) is 33.7 Å². The van der Waals surface area contributed by atoms with Crippen LogP contribution in [-0.2, 0) is 4.74 Å². The van der Waals surface area contributed by atoms with Gasteiger partial charge in [0.2, 0.25) is 0 Å². The zero-order valence-electron chi connectivity index (χ0n) is 8.02. The molecule has 1 aromatic rings. The Morgan fingerprint density at radius 3 is 2.79 bits per heavy atom. The summed E-state index contributed by atoms with van der Waals surface area (Å²) in [6.07, 6.45) is 1.11. The van der Waals surface area contributed by atoms with E-state index >= 15 is 0 Å². The molecule has 70 valence electrons. The molecular weight excluding hydrogens is 213 g/mol. The van der Waals surface area contributed by atoms with Gasteiger partial charge in [0.25, 0.3) is 0 Å². The number of hydrogen-bond donors (Lipinski definition) is 0. The number of nitrogens with zero attached hydrogens (tertiary/aromatic N) is 1. The number of rotatable bonds is 2. The van der Waals surface area contributed by atoms with Crippen LogP contribution in [0.4, 0.5) is 0 Å². The van der Waals surface area contributed by atoms with Gasteiger partial charge in [-0.25, -0.2) is 4.79 Å². The topological polar surface area (TPSA) is 54.3 Å². The molecule has 0 aliphatic heterocycles. The van der Waals surface area contributed by atoms with Gasteiger partial charge < -0.3 is 14.7 Å². The molecule has 0 spiro atoms. The number of hydrogen-bond acceptors (Lipinski definition) is 4. The van der Waals surface area contributed by atoms with Crippen LogP contribution >= 0.6 is 12.2 Å². The van der Waals surface area contributed by atoms with Crippen molar-refractivity contribution in [1.82, 2.24) is 4.73 Å². The largest absolute Gasteiger partial charge is 1.00 e. The third kappa shape index (κ3) is 3.42. The van der Waals surface area contributed by atoms with Gasteiger partial charge >= 0.3 is 35.5 Å². The van der Waals surface area contributed by atoms with Gasteiger partial charge in [0.15, 0.2) is 0 Å². The van der Waals surface area contributed by atoms with E-state index in [1.165, 1.54) is 12.1 Å². The second-order valence-corrected chi connectivity index (χ2v) is 2.72. The molecule has 0 radical (unpaired) electrons. The molecule has 1 heterocycles. The van der Waals surface area contributed by atoms with Crippen molar-refractivity contribution in [3.8, 4) is 0 Å². The first-order chi connectivity index (χ1) is 6.15. The van der Waals surface area contributed by atoms with Crippen LogP contribution in [0.2, 0.25) is 0 Å². The van der Waals surface area contributed by atoms with Gasteiger partial charge in [0.05, 0.1) is 12.2 Å². The second kappa shape index (κ2) is 6.19. The van der Waals surface area contributed by atoms with Crippen LogP contribution in [-0.4, -0.2) is 17.3 Å². The Bertz CT molecular complexity index is 377. The molecule has 0 fully saturated rings. The fourth-order valence-electron chi connectivity index (χ4n) is 0.803. The van der Waals surface area contributed by atoms with E-state index in [2.05, 4.69) is 12.2 Å². The SMILES string of the molecule is CCOC(=O)c1ccc(=S)n([O-])c1.[Na+]. The number of ether oxygens (including phenoxy) is 1. The third-order valence-electron chi connectivity index (χ3n) is 1.39. The number of carbonyl (C=O) groups is 1. The first-order valence-electron chi connectivity index (χ1n) is 3.72. The molecule has 1 aromatic heterocycles. The molecule has 0 aromatic carbocycles. The van der Waals surface area contributed by atoms with Crippen molar-refractivity contribution in [2.75, 3.05) is 6.61 Å². The summed E-state index contributed by atoms with van der Waals surface area (Å²) in [7, 11) is 0. The summed E-state index contributed by atoms with van der Waals surface area (Å²) < 4.78 is 5.29. The predicted molar refractivity (Wildman–Crippen MR) is 50.0 cm³/mol. The Morgan fingerprint density at radius 2 is 2.29 bits per heavy atom. The van der Waals surface area contributed by atoms with Crippen molar-refractivity contribution >= 4 is 18.2 Å². The number of aromatic nitrogens is 1. The van der Waals surface area contributed by atoms with Crippen LogP contribution in [0.15, 0.2) is 18.3 Å². The maximum atomic E-state index is 11.1. The zero-order chi connectivity index (χ0) is 9.84. The first-order valence-corrected chi connectivity index (χ1v) is 4.13. The minimum Gasteiger partial charge on any atom is -0.805 e. The van der Waals surface area contributed by atoms with E-state index < -0.39 is 5.97 Å². The monoisotopic (exact) mass is 221 g/mol. The van der Waals surface area contributed by atoms with E-state index in [9.17, 15) is 10.0 Å². The summed E-state index contributed by atoms with van der Waals surface area (Å²) in [6, 6.07) is 2.86. The predicted octanol–water partition coefficient (Wildman–Crippen LogP) is -1.26. The van der Waals surface area contributed by atoms with Gasteiger partial charge in [-0.15, -0.1) is 0 Å². The maximum Gasteiger partial charge on any atom is 1.00 e. The average Bonchev–Trinajstić information content (AvgIpc) is 2.10. The van der Waals surface area contributed by atoms with Gasteiger partial charge in [-0.1, -0.05) is 12.2 Å². The number of pyridine rings is 1. The molecule has 0 aliphatic rings. The molecule has 0 atom stereocenters. The molecule has 0 aliphatic carbocycles. The van der Waals surface area contributed by atoms with Gasteiger partial charge in [-0.3, -0.25) is 0 Å². The fourth-order valence-corrected chi connectivity index (χ4v) is 0.923. The Labute approximate surface area is 109 Å². The summed E-state index contributed by atoms with van der Waals surface area (Å²) in [5.74, 6) is -0.512. The van der Waals surface area contributed by atoms with E-state index in [0.29, 0.717) is 4.73 Å². The molecule has 14 heavy (non-hydrogen) atoms. The standard InChI is InChI=1S/C8H8NO3S.Na/c1-2-12-8(10)6-3-4-7(13)9(11)5-6;/h3-5H,2H2,1H3;/q-1;+1. The normalized spacial score (nSPS) is 8.93. The smallest absolute Gasteiger partial charge is 0.805 e. The van der Waals surface area contributed by atoms with Crippen LogP contribution in [0.1, 0.15) is 17.3 Å². The molecule has 0 amide bonds. The van der Waals surface area contributed by atoms with Crippen molar-refractivity contribution < 1.29 is 39.1 Å². The second-order valence-electron chi connectivity index (χ2n) is 2.30. The van der Waals surface area contributed by atoms with E-state index in [0.717, 1.165) is 6.20 Å². The van der Waals surface area contributed by atoms with E-state index in [-0.39, 0.29) is 46.4 Å². The molecule has 1 rings (SSSR count). The van der Waals surface area contributed by atoms with Crippen LogP contribution in [0, 0.1) is 9.85 Å². The van der Waals surface area contributed by atoms with Gasteiger partial charge in [-0.2, -0.15) is 0 Å². The number of esters is 1. The maximum absolute atomic E-state index is 11.1. The summed E-state index contributed by atoms with van der Waals surface area (Å²) in [5.41, 5.74) is 0.213. The molecule has 0 saturated carbocycles. The van der Waals surface area contributed by atoms with Crippen molar-refractivity contribution in [2.45, 2.75) is 6.92 Å². The Hall–Kier alpha value is -0.360. The van der Waals surface area contributed by atoms with E-state index in [1.807, 2.05) is 0 Å². The van der Waals surface area contributed by atoms with Crippen molar-refractivity contribution in [3.63, 3.8) is 0 Å². The van der Waals surface area contributed by atoms with Gasteiger partial charge in [0.1, 0.15) is 4.64 Å². The number of carbonyl (C=O) groups excluding carboxylic acids is 1. The minimum absolute atomic E-state index is 0. The molecular formula is C8H8NNaO3S. The van der Waals surface area contributed by atoms with E-state index in [4.69, 9.17) is 4.74 Å². The van der Waals surface area contributed by atoms with Crippen molar-refractivity contribution in [2.24, 2.45) is 0 Å². The first kappa shape index (κ1) is 13.6. The molecule has 0 unspecified atom stereocenters. The summed E-state index contributed by atoms with van der Waals surface area (Å²) in [4.78, 5) is 11.1. The molecule has 0 saturated heterocycles. The molecule has 6 heteroatoms. The van der Waals surface area contributed by atoms with Crippen LogP contribution in [0.25, 0.3) is 0 Å². The Balaban J connectivity index is 0.00000169. The molecule has 4 nitrogen and oxygen atoms in total. The summed E-state index contributed by atoms with van der Waals surface area (Å²) >= 11 is 4.66. The minimum atomic E-state index is -0.512. The van der Waals surface area contributed by atoms with Gasteiger partial charge in [-0.05, 0) is 19.1 Å². The third-order valence-corrected chi connectivity index (χ3v) is 1.71.